The van der Waals surface area contributed by atoms with Gasteiger partial charge in [0.2, 0.25) is 5.91 Å². The van der Waals surface area contributed by atoms with Crippen molar-refractivity contribution in [3.05, 3.63) is 54.1 Å². The van der Waals surface area contributed by atoms with E-state index in [2.05, 4.69) is 16.3 Å². The molecule has 1 N–H and O–H groups in total. The maximum atomic E-state index is 12.6. The van der Waals surface area contributed by atoms with E-state index in [1.807, 2.05) is 74.2 Å². The van der Waals surface area contributed by atoms with Crippen molar-refractivity contribution >= 4 is 12.0 Å². The molecule has 0 saturated carbocycles. The number of hydrogen-bond donors (Lipinski definition) is 1. The fourth-order valence-electron chi connectivity index (χ4n) is 4.15. The Hall–Kier alpha value is -3.57. The monoisotopic (exact) mass is 506 g/mol. The van der Waals surface area contributed by atoms with Crippen LogP contribution in [0.5, 0.6) is 5.75 Å². The number of hydrogen-bond acceptors (Lipinski definition) is 6. The number of benzene rings is 2. The second-order valence-corrected chi connectivity index (χ2v) is 10.2. The number of amides is 2. The highest BCUT2D eigenvalue weighted by atomic mass is 16.6. The van der Waals surface area contributed by atoms with Gasteiger partial charge in [0.05, 0.1) is 18.2 Å². The molecule has 0 bridgehead atoms. The third-order valence-electron chi connectivity index (χ3n) is 6.04. The lowest BCUT2D eigenvalue weighted by atomic mass is 10.0. The standard InChI is InChI=1S/C29H38N4O4/c1-29(2,3)37-28(35)31-15-14-27(34)33-18-4-16-32(19-20-33)17-5-21-36-26-12-10-25(11-13-26)24-8-6-23(22-30)7-9-24/h6-13H,4-5,14-21H2,1-3H3,(H,31,35). The number of carbonyl (C=O) groups is 2. The highest BCUT2D eigenvalue weighted by Gasteiger charge is 2.20. The molecule has 1 aliphatic rings. The maximum absolute atomic E-state index is 12.6. The molecule has 1 saturated heterocycles. The molecule has 37 heavy (non-hydrogen) atoms. The van der Waals surface area contributed by atoms with Gasteiger partial charge in [-0.1, -0.05) is 24.3 Å². The Kier molecular flexibility index (Phi) is 10.3. The lowest BCUT2D eigenvalue weighted by Gasteiger charge is -2.22. The van der Waals surface area contributed by atoms with Crippen LogP contribution in [0.2, 0.25) is 0 Å². The molecule has 1 heterocycles. The third-order valence-corrected chi connectivity index (χ3v) is 6.04. The van der Waals surface area contributed by atoms with Gasteiger partial charge < -0.3 is 24.6 Å². The van der Waals surface area contributed by atoms with Crippen LogP contribution in [0.3, 0.4) is 0 Å². The fourth-order valence-corrected chi connectivity index (χ4v) is 4.15. The van der Waals surface area contributed by atoms with Gasteiger partial charge in [-0.25, -0.2) is 4.79 Å². The van der Waals surface area contributed by atoms with E-state index in [1.165, 1.54) is 0 Å². The number of nitrogens with zero attached hydrogens (tertiary/aromatic N) is 3. The SMILES string of the molecule is CC(C)(C)OC(=O)NCCC(=O)N1CCCN(CCCOc2ccc(-c3ccc(C#N)cc3)cc2)CC1. The zero-order valence-electron chi connectivity index (χ0n) is 22.2. The van der Waals surface area contributed by atoms with Crippen LogP contribution < -0.4 is 10.1 Å². The Balaban J connectivity index is 1.32. The summed E-state index contributed by atoms with van der Waals surface area (Å²) in [5.41, 5.74) is 2.25. The van der Waals surface area contributed by atoms with E-state index in [1.54, 1.807) is 0 Å². The quantitative estimate of drug-likeness (QED) is 0.505. The first kappa shape index (κ1) is 28.0. The smallest absolute Gasteiger partial charge is 0.407 e. The molecule has 1 fully saturated rings. The zero-order valence-corrected chi connectivity index (χ0v) is 22.2. The number of ether oxygens (including phenoxy) is 2. The normalized spacial score (nSPS) is 14.4. The second kappa shape index (κ2) is 13.7. The number of alkyl carbamates (subject to hydrolysis) is 1. The topological polar surface area (TPSA) is 94.9 Å². The molecule has 8 nitrogen and oxygen atoms in total. The average molecular weight is 507 g/mol. The summed E-state index contributed by atoms with van der Waals surface area (Å²) in [4.78, 5) is 28.6. The lowest BCUT2D eigenvalue weighted by Crippen LogP contribution is -2.38. The Morgan fingerprint density at radius 1 is 0.973 bits per heavy atom. The molecule has 0 radical (unpaired) electrons. The van der Waals surface area contributed by atoms with Gasteiger partial charge in [-0.15, -0.1) is 0 Å². The molecular weight excluding hydrogens is 468 g/mol. The van der Waals surface area contributed by atoms with Crippen LogP contribution in [-0.4, -0.2) is 73.3 Å². The summed E-state index contributed by atoms with van der Waals surface area (Å²) in [6, 6.07) is 17.7. The number of rotatable bonds is 9. The molecule has 8 heteroatoms. The summed E-state index contributed by atoms with van der Waals surface area (Å²) in [6.45, 7) is 10.5. The summed E-state index contributed by atoms with van der Waals surface area (Å²) < 4.78 is 11.1. The van der Waals surface area contributed by atoms with E-state index >= 15 is 0 Å². The number of nitriles is 1. The van der Waals surface area contributed by atoms with Gasteiger partial charge in [0.15, 0.2) is 0 Å². The molecule has 1 aliphatic heterocycles. The maximum Gasteiger partial charge on any atom is 0.407 e. The molecule has 3 rings (SSSR count). The molecule has 0 spiro atoms. The van der Waals surface area contributed by atoms with Gasteiger partial charge in [-0.2, -0.15) is 5.26 Å². The van der Waals surface area contributed by atoms with Gasteiger partial charge in [-0.05, 0) is 75.5 Å². The van der Waals surface area contributed by atoms with E-state index in [-0.39, 0.29) is 18.9 Å². The van der Waals surface area contributed by atoms with Crippen LogP contribution in [0.25, 0.3) is 11.1 Å². The van der Waals surface area contributed by atoms with Crippen molar-refractivity contribution in [2.24, 2.45) is 0 Å². The first-order valence-electron chi connectivity index (χ1n) is 12.9. The summed E-state index contributed by atoms with van der Waals surface area (Å²) >= 11 is 0. The minimum atomic E-state index is -0.550. The van der Waals surface area contributed by atoms with Gasteiger partial charge in [0.25, 0.3) is 0 Å². The Morgan fingerprint density at radius 3 is 2.30 bits per heavy atom. The van der Waals surface area contributed by atoms with Crippen LogP contribution in [-0.2, 0) is 9.53 Å². The molecule has 0 unspecified atom stereocenters. The fraction of sp³-hybridized carbons (Fsp3) is 0.483. The van der Waals surface area contributed by atoms with Crippen molar-refractivity contribution in [1.82, 2.24) is 15.1 Å². The van der Waals surface area contributed by atoms with Gasteiger partial charge in [0, 0.05) is 39.1 Å². The Bertz CT molecular complexity index is 1060. The third kappa shape index (κ3) is 9.77. The summed E-state index contributed by atoms with van der Waals surface area (Å²) in [6.07, 6.45) is 1.62. The van der Waals surface area contributed by atoms with Gasteiger partial charge >= 0.3 is 6.09 Å². The first-order valence-corrected chi connectivity index (χ1v) is 12.9. The molecule has 2 aromatic rings. The highest BCUT2D eigenvalue weighted by molar-refractivity contribution is 5.77. The molecule has 2 amide bonds. The van der Waals surface area contributed by atoms with Crippen LogP contribution in [0.1, 0.15) is 45.6 Å². The van der Waals surface area contributed by atoms with E-state index in [9.17, 15) is 9.59 Å². The second-order valence-electron chi connectivity index (χ2n) is 10.2. The van der Waals surface area contributed by atoms with E-state index in [0.29, 0.717) is 18.7 Å². The minimum Gasteiger partial charge on any atom is -0.494 e. The van der Waals surface area contributed by atoms with Crippen LogP contribution in [0, 0.1) is 11.3 Å². The van der Waals surface area contributed by atoms with Crippen molar-refractivity contribution < 1.29 is 19.1 Å². The first-order chi connectivity index (χ1) is 17.7. The predicted molar refractivity (Wildman–Crippen MR) is 143 cm³/mol. The van der Waals surface area contributed by atoms with Crippen molar-refractivity contribution in [3.8, 4) is 22.9 Å². The summed E-state index contributed by atoms with van der Waals surface area (Å²) in [7, 11) is 0. The van der Waals surface area contributed by atoms with Crippen LogP contribution >= 0.6 is 0 Å². The van der Waals surface area contributed by atoms with Crippen LogP contribution in [0.15, 0.2) is 48.5 Å². The molecule has 198 valence electrons. The van der Waals surface area contributed by atoms with Crippen molar-refractivity contribution in [2.45, 2.75) is 45.6 Å². The predicted octanol–water partition coefficient (Wildman–Crippen LogP) is 4.44. The van der Waals surface area contributed by atoms with Crippen LogP contribution in [0.4, 0.5) is 4.79 Å². The zero-order chi connectivity index (χ0) is 26.7. The molecule has 0 atom stereocenters. The lowest BCUT2D eigenvalue weighted by molar-refractivity contribution is -0.130. The Morgan fingerprint density at radius 2 is 1.65 bits per heavy atom. The molecule has 0 aliphatic carbocycles. The number of carbonyl (C=O) groups excluding carboxylic acids is 2. The largest absolute Gasteiger partial charge is 0.494 e. The van der Waals surface area contributed by atoms with Gasteiger partial charge in [0.1, 0.15) is 11.4 Å². The van der Waals surface area contributed by atoms with E-state index in [4.69, 9.17) is 14.7 Å². The molecule has 0 aromatic heterocycles. The van der Waals surface area contributed by atoms with Gasteiger partial charge in [-0.3, -0.25) is 4.79 Å². The highest BCUT2D eigenvalue weighted by Crippen LogP contribution is 2.23. The Labute approximate surface area is 220 Å². The minimum absolute atomic E-state index is 0.0608. The van der Waals surface area contributed by atoms with E-state index in [0.717, 1.165) is 55.9 Å². The summed E-state index contributed by atoms with van der Waals surface area (Å²) in [5.74, 6) is 0.899. The summed E-state index contributed by atoms with van der Waals surface area (Å²) in [5, 5.41) is 11.6. The van der Waals surface area contributed by atoms with Crippen molar-refractivity contribution in [1.29, 1.82) is 5.26 Å². The number of nitrogens with one attached hydrogen (secondary N) is 1. The average Bonchev–Trinajstić information content (AvgIpc) is 3.12. The van der Waals surface area contributed by atoms with Crippen molar-refractivity contribution in [3.63, 3.8) is 0 Å². The molecule has 2 aromatic carbocycles. The van der Waals surface area contributed by atoms with E-state index < -0.39 is 11.7 Å². The molecular formula is C29H38N4O4. The van der Waals surface area contributed by atoms with Crippen molar-refractivity contribution in [2.75, 3.05) is 45.9 Å².